The maximum atomic E-state index is 11.0. The average molecular weight is 165 g/mol. The van der Waals surface area contributed by atoms with Gasteiger partial charge in [-0.15, -0.1) is 0 Å². The van der Waals surface area contributed by atoms with Gasteiger partial charge in [-0.1, -0.05) is 0 Å². The van der Waals surface area contributed by atoms with Gasteiger partial charge in [-0.3, -0.25) is 4.79 Å². The van der Waals surface area contributed by atoms with Crippen LogP contribution in [0.25, 0.3) is 0 Å². The summed E-state index contributed by atoms with van der Waals surface area (Å²) in [6.07, 6.45) is 6.35. The first-order chi connectivity index (χ1) is 5.79. The van der Waals surface area contributed by atoms with Gasteiger partial charge in [0.25, 0.3) is 0 Å². The van der Waals surface area contributed by atoms with Crippen molar-refractivity contribution in [1.29, 1.82) is 0 Å². The summed E-state index contributed by atoms with van der Waals surface area (Å²) in [5.74, 6) is 0.721. The van der Waals surface area contributed by atoms with E-state index in [1.54, 1.807) is 6.20 Å². The summed E-state index contributed by atoms with van der Waals surface area (Å²) in [5, 5.41) is 0. The van der Waals surface area contributed by atoms with Crippen LogP contribution < -0.4 is 5.73 Å². The van der Waals surface area contributed by atoms with Gasteiger partial charge in [0.15, 0.2) is 0 Å². The highest BCUT2D eigenvalue weighted by Crippen LogP contribution is 2.22. The lowest BCUT2D eigenvalue weighted by atomic mass is 10.0. The SMILES string of the molecule is NC(=O)C1CCCc2nccn21. The topological polar surface area (TPSA) is 60.9 Å². The molecule has 0 bridgehead atoms. The van der Waals surface area contributed by atoms with E-state index in [1.807, 2.05) is 10.8 Å². The fourth-order valence-corrected chi connectivity index (χ4v) is 1.69. The smallest absolute Gasteiger partial charge is 0.240 e. The van der Waals surface area contributed by atoms with Crippen LogP contribution in [0.3, 0.4) is 0 Å². The fraction of sp³-hybridized carbons (Fsp3) is 0.500. The van der Waals surface area contributed by atoms with Gasteiger partial charge in [-0.05, 0) is 12.8 Å². The zero-order chi connectivity index (χ0) is 8.55. The summed E-state index contributed by atoms with van der Waals surface area (Å²) in [4.78, 5) is 15.1. The number of nitrogens with two attached hydrogens (primary N) is 1. The standard InChI is InChI=1S/C8H11N3O/c9-8(12)6-2-1-3-7-10-4-5-11(6)7/h4-6H,1-3H2,(H2,9,12). The Morgan fingerprint density at radius 2 is 2.58 bits per heavy atom. The van der Waals surface area contributed by atoms with E-state index in [1.165, 1.54) is 0 Å². The van der Waals surface area contributed by atoms with Crippen molar-refractivity contribution in [3.05, 3.63) is 18.2 Å². The Kier molecular flexibility index (Phi) is 1.60. The van der Waals surface area contributed by atoms with Gasteiger partial charge in [0.2, 0.25) is 5.91 Å². The molecule has 64 valence electrons. The Hall–Kier alpha value is -1.32. The quantitative estimate of drug-likeness (QED) is 0.648. The number of aromatic nitrogens is 2. The van der Waals surface area contributed by atoms with Crippen molar-refractivity contribution in [2.45, 2.75) is 25.3 Å². The maximum absolute atomic E-state index is 11.0. The van der Waals surface area contributed by atoms with Crippen LogP contribution in [0.1, 0.15) is 24.7 Å². The molecule has 1 unspecified atom stereocenters. The third-order valence-corrected chi connectivity index (χ3v) is 2.29. The van der Waals surface area contributed by atoms with E-state index in [0.717, 1.165) is 25.1 Å². The van der Waals surface area contributed by atoms with Gasteiger partial charge in [0, 0.05) is 18.8 Å². The van der Waals surface area contributed by atoms with Crippen LogP contribution in [0, 0.1) is 0 Å². The van der Waals surface area contributed by atoms with E-state index < -0.39 is 0 Å². The lowest BCUT2D eigenvalue weighted by molar-refractivity contribution is -0.121. The Balaban J connectivity index is 2.37. The lowest BCUT2D eigenvalue weighted by Gasteiger charge is -2.21. The van der Waals surface area contributed by atoms with Gasteiger partial charge in [-0.2, -0.15) is 0 Å². The molecule has 2 N–H and O–H groups in total. The van der Waals surface area contributed by atoms with Crippen molar-refractivity contribution in [3.8, 4) is 0 Å². The monoisotopic (exact) mass is 165 g/mol. The number of nitrogens with zero attached hydrogens (tertiary/aromatic N) is 2. The molecule has 1 amide bonds. The molecule has 0 aliphatic carbocycles. The van der Waals surface area contributed by atoms with Gasteiger partial charge < -0.3 is 10.3 Å². The molecule has 0 spiro atoms. The lowest BCUT2D eigenvalue weighted by Crippen LogP contribution is -2.30. The summed E-state index contributed by atoms with van der Waals surface area (Å²) < 4.78 is 1.88. The molecule has 2 rings (SSSR count). The molecule has 4 nitrogen and oxygen atoms in total. The molecule has 1 aromatic rings. The molecule has 0 radical (unpaired) electrons. The highest BCUT2D eigenvalue weighted by Gasteiger charge is 2.23. The van der Waals surface area contributed by atoms with Gasteiger partial charge >= 0.3 is 0 Å². The molecular weight excluding hydrogens is 154 g/mol. The van der Waals surface area contributed by atoms with Gasteiger partial charge in [-0.25, -0.2) is 4.98 Å². The normalized spacial score (nSPS) is 21.8. The summed E-state index contributed by atoms with van der Waals surface area (Å²) >= 11 is 0. The van der Waals surface area contributed by atoms with E-state index in [0.29, 0.717) is 0 Å². The molecule has 1 aliphatic rings. The molecule has 0 saturated heterocycles. The third kappa shape index (κ3) is 0.995. The van der Waals surface area contributed by atoms with E-state index >= 15 is 0 Å². The molecule has 1 aromatic heterocycles. The zero-order valence-corrected chi connectivity index (χ0v) is 6.73. The first kappa shape index (κ1) is 7.34. The molecule has 12 heavy (non-hydrogen) atoms. The zero-order valence-electron chi connectivity index (χ0n) is 6.73. The number of carbonyl (C=O) groups is 1. The molecule has 1 aliphatic heterocycles. The summed E-state index contributed by atoms with van der Waals surface area (Å²) in [7, 11) is 0. The molecule has 0 fully saturated rings. The molecule has 0 saturated carbocycles. The number of primary amides is 1. The Labute approximate surface area is 70.4 Å². The van der Waals surface area contributed by atoms with E-state index in [4.69, 9.17) is 5.73 Å². The number of aryl methyl sites for hydroxylation is 1. The van der Waals surface area contributed by atoms with Crippen molar-refractivity contribution >= 4 is 5.91 Å². The van der Waals surface area contributed by atoms with Crippen LogP contribution in [0.15, 0.2) is 12.4 Å². The van der Waals surface area contributed by atoms with E-state index in [2.05, 4.69) is 4.98 Å². The van der Waals surface area contributed by atoms with E-state index in [9.17, 15) is 4.79 Å². The molecular formula is C8H11N3O. The van der Waals surface area contributed by atoms with Crippen molar-refractivity contribution in [2.75, 3.05) is 0 Å². The number of imidazole rings is 1. The predicted octanol–water partition coefficient (Wildman–Crippen LogP) is 0.246. The minimum absolute atomic E-state index is 0.170. The van der Waals surface area contributed by atoms with Gasteiger partial charge in [0.1, 0.15) is 11.9 Å². The van der Waals surface area contributed by atoms with Crippen LogP contribution in [-0.4, -0.2) is 15.5 Å². The van der Waals surface area contributed by atoms with Crippen LogP contribution in [0.4, 0.5) is 0 Å². The maximum Gasteiger partial charge on any atom is 0.240 e. The highest BCUT2D eigenvalue weighted by molar-refractivity contribution is 5.78. The van der Waals surface area contributed by atoms with Crippen molar-refractivity contribution in [2.24, 2.45) is 5.73 Å². The second-order valence-corrected chi connectivity index (χ2v) is 3.06. The van der Waals surface area contributed by atoms with E-state index in [-0.39, 0.29) is 11.9 Å². The number of carbonyl (C=O) groups excluding carboxylic acids is 1. The van der Waals surface area contributed by atoms with Crippen LogP contribution >= 0.6 is 0 Å². The van der Waals surface area contributed by atoms with Crippen LogP contribution in [-0.2, 0) is 11.2 Å². The molecule has 1 atom stereocenters. The van der Waals surface area contributed by atoms with Gasteiger partial charge in [0.05, 0.1) is 0 Å². The fourth-order valence-electron chi connectivity index (χ4n) is 1.69. The van der Waals surface area contributed by atoms with Crippen molar-refractivity contribution in [3.63, 3.8) is 0 Å². The Morgan fingerprint density at radius 1 is 1.75 bits per heavy atom. The third-order valence-electron chi connectivity index (χ3n) is 2.29. The van der Waals surface area contributed by atoms with Crippen molar-refractivity contribution in [1.82, 2.24) is 9.55 Å². The summed E-state index contributed by atoms with van der Waals surface area (Å²) in [5.41, 5.74) is 5.25. The molecule has 2 heterocycles. The van der Waals surface area contributed by atoms with Crippen LogP contribution in [0.5, 0.6) is 0 Å². The first-order valence-electron chi connectivity index (χ1n) is 4.10. The summed E-state index contributed by atoms with van der Waals surface area (Å²) in [6, 6.07) is -0.170. The van der Waals surface area contributed by atoms with Crippen LogP contribution in [0.2, 0.25) is 0 Å². The Bertz CT molecular complexity index is 305. The number of rotatable bonds is 1. The average Bonchev–Trinajstić information content (AvgIpc) is 2.49. The predicted molar refractivity (Wildman–Crippen MR) is 43.4 cm³/mol. The Morgan fingerprint density at radius 3 is 3.33 bits per heavy atom. The number of hydrogen-bond acceptors (Lipinski definition) is 2. The number of amides is 1. The highest BCUT2D eigenvalue weighted by atomic mass is 16.1. The second kappa shape index (κ2) is 2.62. The largest absolute Gasteiger partial charge is 0.368 e. The second-order valence-electron chi connectivity index (χ2n) is 3.06. The number of hydrogen-bond donors (Lipinski definition) is 1. The number of fused-ring (bicyclic) bond motifs is 1. The van der Waals surface area contributed by atoms with Crippen molar-refractivity contribution < 1.29 is 4.79 Å². The minimum Gasteiger partial charge on any atom is -0.368 e. The first-order valence-corrected chi connectivity index (χ1v) is 4.10. The molecule has 4 heteroatoms. The molecule has 0 aromatic carbocycles. The summed E-state index contributed by atoms with van der Waals surface area (Å²) in [6.45, 7) is 0. The minimum atomic E-state index is -0.256.